The van der Waals surface area contributed by atoms with Crippen molar-refractivity contribution in [1.82, 2.24) is 24.4 Å². The molecule has 0 saturated carbocycles. The molecule has 27 heavy (non-hydrogen) atoms. The third-order valence-corrected chi connectivity index (χ3v) is 4.81. The number of morpholine rings is 1. The zero-order chi connectivity index (χ0) is 18.6. The van der Waals surface area contributed by atoms with Gasteiger partial charge in [-0.3, -0.25) is 10.2 Å². The SMILES string of the molecule is Cc1cnc(Nc2nc3ccccc3n2C)nc1NCCN1CCOCC1. The lowest BCUT2D eigenvalue weighted by Crippen LogP contribution is -2.39. The van der Waals surface area contributed by atoms with Crippen LogP contribution in [0.2, 0.25) is 0 Å². The van der Waals surface area contributed by atoms with Crippen LogP contribution in [0.3, 0.4) is 0 Å². The van der Waals surface area contributed by atoms with Crippen LogP contribution in [0.1, 0.15) is 5.56 Å². The van der Waals surface area contributed by atoms with E-state index in [0.717, 1.165) is 67.8 Å². The second-order valence-electron chi connectivity index (χ2n) is 6.71. The summed E-state index contributed by atoms with van der Waals surface area (Å²) in [6, 6.07) is 8.03. The van der Waals surface area contributed by atoms with Crippen molar-refractivity contribution in [3.63, 3.8) is 0 Å². The van der Waals surface area contributed by atoms with Gasteiger partial charge in [0.05, 0.1) is 24.2 Å². The average molecular weight is 367 g/mol. The van der Waals surface area contributed by atoms with Crippen LogP contribution in [0.4, 0.5) is 17.7 Å². The first kappa shape index (κ1) is 17.7. The van der Waals surface area contributed by atoms with Crippen LogP contribution in [0.25, 0.3) is 11.0 Å². The van der Waals surface area contributed by atoms with Gasteiger partial charge in [0.1, 0.15) is 5.82 Å². The molecular weight excluding hydrogens is 342 g/mol. The normalized spacial score (nSPS) is 15.2. The zero-order valence-corrected chi connectivity index (χ0v) is 15.8. The van der Waals surface area contributed by atoms with Crippen LogP contribution in [0.15, 0.2) is 30.5 Å². The second kappa shape index (κ2) is 7.89. The standard InChI is InChI=1S/C19H25N7O/c1-14-13-21-18(23-17(14)20-7-8-26-9-11-27-12-10-26)24-19-22-15-5-3-4-6-16(15)25(19)2/h3-6,13H,7-12H2,1-2H3,(H2,20,21,22,23,24). The molecular formula is C19H25N7O. The molecule has 0 atom stereocenters. The van der Waals surface area contributed by atoms with E-state index < -0.39 is 0 Å². The smallest absolute Gasteiger partial charge is 0.231 e. The van der Waals surface area contributed by atoms with Gasteiger partial charge in [-0.1, -0.05) is 12.1 Å². The summed E-state index contributed by atoms with van der Waals surface area (Å²) in [4.78, 5) is 16.0. The molecule has 4 rings (SSSR count). The van der Waals surface area contributed by atoms with Crippen molar-refractivity contribution in [2.45, 2.75) is 6.92 Å². The van der Waals surface area contributed by atoms with E-state index >= 15 is 0 Å². The minimum atomic E-state index is 0.535. The number of aryl methyl sites for hydroxylation is 2. The molecule has 0 aliphatic carbocycles. The number of nitrogens with zero attached hydrogens (tertiary/aromatic N) is 5. The van der Waals surface area contributed by atoms with Gasteiger partial charge in [0, 0.05) is 45.0 Å². The molecule has 1 aliphatic heterocycles. The first-order chi connectivity index (χ1) is 13.2. The van der Waals surface area contributed by atoms with E-state index in [2.05, 4.69) is 30.5 Å². The largest absolute Gasteiger partial charge is 0.379 e. The number of hydrogen-bond donors (Lipinski definition) is 2. The van der Waals surface area contributed by atoms with Gasteiger partial charge in [-0.2, -0.15) is 4.98 Å². The predicted octanol–water partition coefficient (Wildman–Crippen LogP) is 2.16. The summed E-state index contributed by atoms with van der Waals surface area (Å²) >= 11 is 0. The topological polar surface area (TPSA) is 80.1 Å². The lowest BCUT2D eigenvalue weighted by Gasteiger charge is -2.26. The van der Waals surface area contributed by atoms with Crippen LogP contribution < -0.4 is 10.6 Å². The number of aromatic nitrogens is 4. The van der Waals surface area contributed by atoms with E-state index in [1.807, 2.05) is 49.0 Å². The Morgan fingerprint density at radius 2 is 1.96 bits per heavy atom. The number of nitrogens with one attached hydrogen (secondary N) is 2. The number of anilines is 3. The first-order valence-corrected chi connectivity index (χ1v) is 9.27. The van der Waals surface area contributed by atoms with Gasteiger partial charge in [0.2, 0.25) is 11.9 Å². The highest BCUT2D eigenvalue weighted by Crippen LogP contribution is 2.21. The van der Waals surface area contributed by atoms with Gasteiger partial charge < -0.3 is 14.6 Å². The Balaban J connectivity index is 1.44. The van der Waals surface area contributed by atoms with Crippen LogP contribution >= 0.6 is 0 Å². The van der Waals surface area contributed by atoms with Gasteiger partial charge in [0.15, 0.2) is 0 Å². The fourth-order valence-corrected chi connectivity index (χ4v) is 3.20. The molecule has 2 N–H and O–H groups in total. The lowest BCUT2D eigenvalue weighted by atomic mass is 10.3. The number of imidazole rings is 1. The van der Waals surface area contributed by atoms with E-state index in [-0.39, 0.29) is 0 Å². The van der Waals surface area contributed by atoms with Gasteiger partial charge in [0.25, 0.3) is 0 Å². The summed E-state index contributed by atoms with van der Waals surface area (Å²) in [6.07, 6.45) is 1.83. The maximum Gasteiger partial charge on any atom is 0.231 e. The zero-order valence-electron chi connectivity index (χ0n) is 15.8. The molecule has 142 valence electrons. The fourth-order valence-electron chi connectivity index (χ4n) is 3.20. The molecule has 0 unspecified atom stereocenters. The molecule has 1 saturated heterocycles. The van der Waals surface area contributed by atoms with Crippen LogP contribution in [-0.2, 0) is 11.8 Å². The van der Waals surface area contributed by atoms with Crippen molar-refractivity contribution >= 4 is 28.7 Å². The molecule has 2 aromatic heterocycles. The Hall–Kier alpha value is -2.71. The molecule has 1 aliphatic rings. The fraction of sp³-hybridized carbons (Fsp3) is 0.421. The Bertz CT molecular complexity index is 918. The predicted molar refractivity (Wildman–Crippen MR) is 107 cm³/mol. The van der Waals surface area contributed by atoms with E-state index in [0.29, 0.717) is 5.95 Å². The molecule has 8 nitrogen and oxygen atoms in total. The van der Waals surface area contributed by atoms with Crippen molar-refractivity contribution in [1.29, 1.82) is 0 Å². The lowest BCUT2D eigenvalue weighted by molar-refractivity contribution is 0.0398. The number of benzene rings is 1. The highest BCUT2D eigenvalue weighted by atomic mass is 16.5. The van der Waals surface area contributed by atoms with Gasteiger partial charge in [-0.15, -0.1) is 0 Å². The Labute approximate surface area is 158 Å². The molecule has 8 heteroatoms. The van der Waals surface area contributed by atoms with Crippen molar-refractivity contribution in [3.8, 4) is 0 Å². The number of fused-ring (bicyclic) bond motifs is 1. The van der Waals surface area contributed by atoms with E-state index in [1.54, 1.807) is 0 Å². The van der Waals surface area contributed by atoms with E-state index in [9.17, 15) is 0 Å². The average Bonchev–Trinajstić information content (AvgIpc) is 3.01. The number of ether oxygens (including phenoxy) is 1. The maximum absolute atomic E-state index is 5.39. The Kier molecular flexibility index (Phi) is 5.17. The van der Waals surface area contributed by atoms with Crippen molar-refractivity contribution in [3.05, 3.63) is 36.0 Å². The Morgan fingerprint density at radius 1 is 1.15 bits per heavy atom. The monoisotopic (exact) mass is 367 g/mol. The summed E-state index contributed by atoms with van der Waals surface area (Å²) in [6.45, 7) is 7.44. The molecule has 3 aromatic rings. The minimum Gasteiger partial charge on any atom is -0.379 e. The van der Waals surface area contributed by atoms with Crippen molar-refractivity contribution in [2.75, 3.05) is 50.0 Å². The molecule has 0 radical (unpaired) electrons. The highest BCUT2D eigenvalue weighted by molar-refractivity contribution is 5.79. The summed E-state index contributed by atoms with van der Waals surface area (Å²) in [7, 11) is 1.98. The summed E-state index contributed by atoms with van der Waals surface area (Å²) in [5.74, 6) is 2.10. The number of para-hydroxylation sites is 2. The quantitative estimate of drug-likeness (QED) is 0.691. The van der Waals surface area contributed by atoms with E-state index in [4.69, 9.17) is 4.74 Å². The third-order valence-electron chi connectivity index (χ3n) is 4.81. The summed E-state index contributed by atoms with van der Waals surface area (Å²) in [5, 5.41) is 6.66. The van der Waals surface area contributed by atoms with Crippen molar-refractivity contribution in [2.24, 2.45) is 7.05 Å². The molecule has 0 amide bonds. The second-order valence-corrected chi connectivity index (χ2v) is 6.71. The van der Waals surface area contributed by atoms with Crippen LogP contribution in [0.5, 0.6) is 0 Å². The minimum absolute atomic E-state index is 0.535. The Morgan fingerprint density at radius 3 is 2.78 bits per heavy atom. The molecule has 1 aromatic carbocycles. The molecule has 1 fully saturated rings. The first-order valence-electron chi connectivity index (χ1n) is 9.27. The summed E-state index contributed by atoms with van der Waals surface area (Å²) in [5.41, 5.74) is 3.03. The maximum atomic E-state index is 5.39. The highest BCUT2D eigenvalue weighted by Gasteiger charge is 2.12. The van der Waals surface area contributed by atoms with Crippen molar-refractivity contribution < 1.29 is 4.74 Å². The number of rotatable bonds is 6. The van der Waals surface area contributed by atoms with Gasteiger partial charge in [-0.25, -0.2) is 9.97 Å². The van der Waals surface area contributed by atoms with E-state index in [1.165, 1.54) is 0 Å². The van der Waals surface area contributed by atoms with Crippen LogP contribution in [0, 0.1) is 6.92 Å². The van der Waals surface area contributed by atoms with Gasteiger partial charge in [-0.05, 0) is 19.1 Å². The number of hydrogen-bond acceptors (Lipinski definition) is 7. The molecule has 0 spiro atoms. The third kappa shape index (κ3) is 4.01. The molecule has 0 bridgehead atoms. The summed E-state index contributed by atoms with van der Waals surface area (Å²) < 4.78 is 7.39. The van der Waals surface area contributed by atoms with Gasteiger partial charge >= 0.3 is 0 Å². The van der Waals surface area contributed by atoms with Crippen LogP contribution in [-0.4, -0.2) is 63.8 Å². The molecule has 3 heterocycles.